The number of primary amides is 1. The van der Waals surface area contributed by atoms with Gasteiger partial charge in [0.25, 0.3) is 0 Å². The SMILES string of the molecule is CC(C)CC(NC(=O)C(CC(N)=O)NC(=O)C(N)C(C)C)C(=O)NC(CS)C(=O)O. The molecule has 0 bridgehead atoms. The molecule has 0 aliphatic carbocycles. The Morgan fingerprint density at radius 3 is 1.73 bits per heavy atom. The summed E-state index contributed by atoms with van der Waals surface area (Å²) >= 11 is 3.89. The largest absolute Gasteiger partial charge is 0.480 e. The minimum atomic E-state index is -1.33. The average Bonchev–Trinajstić information content (AvgIpc) is 2.62. The Hall–Kier alpha value is -2.34. The van der Waals surface area contributed by atoms with Crippen molar-refractivity contribution in [3.05, 3.63) is 0 Å². The van der Waals surface area contributed by atoms with Gasteiger partial charge in [0.1, 0.15) is 18.1 Å². The van der Waals surface area contributed by atoms with Crippen LogP contribution in [0.15, 0.2) is 0 Å². The van der Waals surface area contributed by atoms with E-state index in [-0.39, 0.29) is 24.0 Å². The highest BCUT2D eigenvalue weighted by Crippen LogP contribution is 2.07. The van der Waals surface area contributed by atoms with E-state index in [1.54, 1.807) is 13.8 Å². The second kappa shape index (κ2) is 13.1. The van der Waals surface area contributed by atoms with Gasteiger partial charge >= 0.3 is 5.97 Å². The predicted molar refractivity (Wildman–Crippen MR) is 113 cm³/mol. The van der Waals surface area contributed by atoms with E-state index in [4.69, 9.17) is 16.6 Å². The fraction of sp³-hybridized carbons (Fsp3) is 0.722. The lowest BCUT2D eigenvalue weighted by Crippen LogP contribution is -2.58. The summed E-state index contributed by atoms with van der Waals surface area (Å²) in [5, 5.41) is 16.2. The Morgan fingerprint density at radius 2 is 1.33 bits per heavy atom. The Bertz CT molecular complexity index is 643. The van der Waals surface area contributed by atoms with Crippen LogP contribution < -0.4 is 27.4 Å². The van der Waals surface area contributed by atoms with Crippen LogP contribution in [0.3, 0.4) is 0 Å². The molecule has 0 aromatic carbocycles. The molecule has 0 aliphatic heterocycles. The second-order valence-electron chi connectivity index (χ2n) is 7.77. The lowest BCUT2D eigenvalue weighted by Gasteiger charge is -2.26. The third-order valence-corrected chi connectivity index (χ3v) is 4.56. The number of hydrogen-bond acceptors (Lipinski definition) is 7. The Morgan fingerprint density at radius 1 is 0.867 bits per heavy atom. The fourth-order valence-electron chi connectivity index (χ4n) is 2.41. The maximum absolute atomic E-state index is 12.7. The van der Waals surface area contributed by atoms with E-state index in [0.29, 0.717) is 0 Å². The van der Waals surface area contributed by atoms with E-state index in [0.717, 1.165) is 0 Å². The van der Waals surface area contributed by atoms with Gasteiger partial charge in [-0.25, -0.2) is 4.79 Å². The molecular formula is C18H33N5O6S. The van der Waals surface area contributed by atoms with Gasteiger partial charge in [-0.05, 0) is 18.3 Å². The molecule has 30 heavy (non-hydrogen) atoms. The van der Waals surface area contributed by atoms with E-state index in [2.05, 4.69) is 28.6 Å². The van der Waals surface area contributed by atoms with E-state index < -0.39 is 60.2 Å². The first kappa shape index (κ1) is 27.7. The zero-order valence-corrected chi connectivity index (χ0v) is 18.6. The average molecular weight is 448 g/mol. The van der Waals surface area contributed by atoms with Gasteiger partial charge in [0.15, 0.2) is 0 Å². The molecule has 4 unspecified atom stereocenters. The number of rotatable bonds is 13. The standard InChI is InChI=1S/C18H33N5O6S/c1-8(2)5-10(15(25)23-12(7-30)18(28)29)21-16(26)11(6-13(19)24)22-17(27)14(20)9(3)4/h8-12,14,30H,5-7,20H2,1-4H3,(H2,19,24)(H,21,26)(H,22,27)(H,23,25)(H,28,29). The van der Waals surface area contributed by atoms with Gasteiger partial charge in [0, 0.05) is 5.75 Å². The normalized spacial score (nSPS) is 15.1. The number of carboxylic acid groups (broad SMARTS) is 1. The first-order valence-electron chi connectivity index (χ1n) is 9.58. The monoisotopic (exact) mass is 447 g/mol. The molecule has 8 N–H and O–H groups in total. The first-order valence-corrected chi connectivity index (χ1v) is 10.2. The maximum Gasteiger partial charge on any atom is 0.327 e. The third kappa shape index (κ3) is 9.92. The molecule has 0 heterocycles. The molecule has 0 radical (unpaired) electrons. The van der Waals surface area contributed by atoms with Crippen LogP contribution in [0.4, 0.5) is 0 Å². The van der Waals surface area contributed by atoms with Gasteiger partial charge in [-0.1, -0.05) is 27.7 Å². The summed E-state index contributed by atoms with van der Waals surface area (Å²) in [6.07, 6.45) is -0.300. The Balaban J connectivity index is 5.45. The van der Waals surface area contributed by atoms with Crippen LogP contribution in [0.2, 0.25) is 0 Å². The topological polar surface area (TPSA) is 194 Å². The molecule has 0 aromatic heterocycles. The van der Waals surface area contributed by atoms with Crippen LogP contribution in [0, 0.1) is 11.8 Å². The molecule has 0 aliphatic rings. The minimum Gasteiger partial charge on any atom is -0.480 e. The highest BCUT2D eigenvalue weighted by molar-refractivity contribution is 7.80. The molecule has 0 rings (SSSR count). The fourth-order valence-corrected chi connectivity index (χ4v) is 2.66. The molecule has 0 saturated heterocycles. The van der Waals surface area contributed by atoms with Crippen molar-refractivity contribution in [1.82, 2.24) is 16.0 Å². The van der Waals surface area contributed by atoms with Gasteiger partial charge in [-0.3, -0.25) is 19.2 Å². The molecule has 0 fully saturated rings. The Labute approximate surface area is 181 Å². The summed E-state index contributed by atoms with van der Waals surface area (Å²) in [5.74, 6) is -4.66. The lowest BCUT2D eigenvalue weighted by molar-refractivity contribution is -0.141. The van der Waals surface area contributed by atoms with Crippen molar-refractivity contribution >= 4 is 42.2 Å². The number of hydrogen-bond donors (Lipinski definition) is 7. The summed E-state index contributed by atoms with van der Waals surface area (Å²) in [6.45, 7) is 7.06. The molecule has 4 amide bonds. The van der Waals surface area contributed by atoms with Crippen LogP contribution in [0.5, 0.6) is 0 Å². The van der Waals surface area contributed by atoms with Crippen LogP contribution in [0.1, 0.15) is 40.5 Å². The minimum absolute atomic E-state index is 0.0288. The molecule has 12 heteroatoms. The van der Waals surface area contributed by atoms with Crippen LogP contribution in [-0.4, -0.2) is 64.6 Å². The van der Waals surface area contributed by atoms with Gasteiger partial charge < -0.3 is 32.5 Å². The Kier molecular flexibility index (Phi) is 12.0. The maximum atomic E-state index is 12.7. The summed E-state index contributed by atoms with van der Waals surface area (Å²) in [4.78, 5) is 60.0. The van der Waals surface area contributed by atoms with Gasteiger partial charge in [-0.2, -0.15) is 12.6 Å². The smallest absolute Gasteiger partial charge is 0.327 e. The zero-order chi connectivity index (χ0) is 23.6. The van der Waals surface area contributed by atoms with Crippen molar-refractivity contribution in [3.8, 4) is 0 Å². The van der Waals surface area contributed by atoms with Gasteiger partial charge in [-0.15, -0.1) is 0 Å². The molecule has 172 valence electrons. The molecule has 0 spiro atoms. The van der Waals surface area contributed by atoms with E-state index in [1.165, 1.54) is 0 Å². The van der Waals surface area contributed by atoms with Crippen molar-refractivity contribution in [2.45, 2.75) is 64.7 Å². The van der Waals surface area contributed by atoms with Gasteiger partial charge in [0.05, 0.1) is 12.5 Å². The van der Waals surface area contributed by atoms with Crippen LogP contribution in [-0.2, 0) is 24.0 Å². The van der Waals surface area contributed by atoms with Crippen molar-refractivity contribution in [1.29, 1.82) is 0 Å². The van der Waals surface area contributed by atoms with E-state index in [1.807, 2.05) is 13.8 Å². The van der Waals surface area contributed by atoms with Crippen molar-refractivity contribution in [2.75, 3.05) is 5.75 Å². The number of carbonyl (C=O) groups excluding carboxylic acids is 4. The molecule has 0 aromatic rings. The lowest BCUT2D eigenvalue weighted by atomic mass is 10.0. The quantitative estimate of drug-likeness (QED) is 0.164. The number of carboxylic acids is 1. The molecule has 0 saturated carbocycles. The second-order valence-corrected chi connectivity index (χ2v) is 8.14. The van der Waals surface area contributed by atoms with E-state index in [9.17, 15) is 24.0 Å². The zero-order valence-electron chi connectivity index (χ0n) is 17.7. The highest BCUT2D eigenvalue weighted by Gasteiger charge is 2.31. The van der Waals surface area contributed by atoms with Gasteiger partial charge in [0.2, 0.25) is 23.6 Å². The van der Waals surface area contributed by atoms with Crippen LogP contribution >= 0.6 is 12.6 Å². The third-order valence-electron chi connectivity index (χ3n) is 4.20. The summed E-state index contributed by atoms with van der Waals surface area (Å²) in [7, 11) is 0. The summed E-state index contributed by atoms with van der Waals surface area (Å²) in [6, 6.07) is -4.57. The van der Waals surface area contributed by atoms with Crippen LogP contribution in [0.25, 0.3) is 0 Å². The number of nitrogens with one attached hydrogen (secondary N) is 3. The molecule has 11 nitrogen and oxygen atoms in total. The highest BCUT2D eigenvalue weighted by atomic mass is 32.1. The number of aliphatic carboxylic acids is 1. The molecule has 4 atom stereocenters. The molecular weight excluding hydrogens is 414 g/mol. The first-order chi connectivity index (χ1) is 13.8. The number of carbonyl (C=O) groups is 5. The van der Waals surface area contributed by atoms with Crippen molar-refractivity contribution in [2.24, 2.45) is 23.3 Å². The summed E-state index contributed by atoms with van der Waals surface area (Å²) < 4.78 is 0. The number of nitrogens with two attached hydrogens (primary N) is 2. The van der Waals surface area contributed by atoms with E-state index >= 15 is 0 Å². The predicted octanol–water partition coefficient (Wildman–Crippen LogP) is -1.64. The number of amides is 4. The van der Waals surface area contributed by atoms with Crippen molar-refractivity contribution < 1.29 is 29.1 Å². The van der Waals surface area contributed by atoms with Crippen molar-refractivity contribution in [3.63, 3.8) is 0 Å². The number of thiol groups is 1. The summed E-state index contributed by atoms with van der Waals surface area (Å²) in [5.41, 5.74) is 10.9.